The quantitative estimate of drug-likeness (QED) is 0.815. The highest BCUT2D eigenvalue weighted by molar-refractivity contribution is 7.09. The van der Waals surface area contributed by atoms with Gasteiger partial charge in [-0.2, -0.15) is 0 Å². The summed E-state index contributed by atoms with van der Waals surface area (Å²) >= 11 is 1.54. The number of rotatable bonds is 7. The van der Waals surface area contributed by atoms with Crippen molar-refractivity contribution in [1.82, 2.24) is 20.6 Å². The molecule has 23 heavy (non-hydrogen) atoms. The molecular formula is C16H22N4O2S. The van der Waals surface area contributed by atoms with E-state index in [9.17, 15) is 4.79 Å². The van der Waals surface area contributed by atoms with E-state index < -0.39 is 0 Å². The highest BCUT2D eigenvalue weighted by atomic mass is 32.1. The van der Waals surface area contributed by atoms with Gasteiger partial charge in [0.15, 0.2) is 0 Å². The maximum atomic E-state index is 11.9. The van der Waals surface area contributed by atoms with Crippen molar-refractivity contribution in [3.8, 4) is 5.88 Å². The van der Waals surface area contributed by atoms with Crippen LogP contribution in [0.1, 0.15) is 42.6 Å². The van der Waals surface area contributed by atoms with Gasteiger partial charge in [0.1, 0.15) is 5.01 Å². The summed E-state index contributed by atoms with van der Waals surface area (Å²) in [7, 11) is 0. The van der Waals surface area contributed by atoms with Gasteiger partial charge in [0, 0.05) is 29.9 Å². The van der Waals surface area contributed by atoms with E-state index in [2.05, 4.69) is 20.6 Å². The molecule has 0 aliphatic carbocycles. The Balaban J connectivity index is 1.77. The number of hydrogen-bond acceptors (Lipinski definition) is 5. The zero-order chi connectivity index (χ0) is 16.7. The van der Waals surface area contributed by atoms with Crippen LogP contribution in [0.4, 0.5) is 4.79 Å². The van der Waals surface area contributed by atoms with Crippen LogP contribution in [0.15, 0.2) is 23.7 Å². The van der Waals surface area contributed by atoms with Crippen LogP contribution in [-0.4, -0.2) is 22.6 Å². The Hall–Kier alpha value is -2.15. The van der Waals surface area contributed by atoms with Crippen molar-refractivity contribution in [2.75, 3.05) is 6.61 Å². The maximum Gasteiger partial charge on any atom is 0.315 e. The number of carbonyl (C=O) groups excluding carboxylic acids is 1. The van der Waals surface area contributed by atoms with Crippen LogP contribution in [0.25, 0.3) is 0 Å². The van der Waals surface area contributed by atoms with Crippen molar-refractivity contribution in [1.29, 1.82) is 0 Å². The van der Waals surface area contributed by atoms with Crippen LogP contribution in [0.5, 0.6) is 5.88 Å². The molecule has 2 rings (SSSR count). The van der Waals surface area contributed by atoms with Gasteiger partial charge in [0.2, 0.25) is 5.88 Å². The molecule has 0 bridgehead atoms. The molecule has 0 aliphatic heterocycles. The predicted molar refractivity (Wildman–Crippen MR) is 90.7 cm³/mol. The molecule has 6 nitrogen and oxygen atoms in total. The van der Waals surface area contributed by atoms with Gasteiger partial charge in [-0.1, -0.05) is 13.0 Å². The minimum Gasteiger partial charge on any atom is -0.478 e. The lowest BCUT2D eigenvalue weighted by Gasteiger charge is -2.12. The molecule has 2 amide bonds. The molecule has 124 valence electrons. The number of thiazole rings is 1. The van der Waals surface area contributed by atoms with Crippen LogP contribution in [-0.2, 0) is 6.54 Å². The molecule has 2 heterocycles. The number of aryl methyl sites for hydroxylation is 1. The predicted octanol–water partition coefficient (Wildman–Crippen LogP) is 3.20. The summed E-state index contributed by atoms with van der Waals surface area (Å²) in [6.45, 7) is 6.97. The van der Waals surface area contributed by atoms with Crippen molar-refractivity contribution in [3.63, 3.8) is 0 Å². The second kappa shape index (κ2) is 8.47. The third kappa shape index (κ3) is 5.52. The highest BCUT2D eigenvalue weighted by Gasteiger charge is 2.12. The van der Waals surface area contributed by atoms with Gasteiger partial charge < -0.3 is 15.4 Å². The highest BCUT2D eigenvalue weighted by Crippen LogP contribution is 2.17. The lowest BCUT2D eigenvalue weighted by Crippen LogP contribution is -2.36. The molecular weight excluding hydrogens is 312 g/mol. The van der Waals surface area contributed by atoms with Gasteiger partial charge in [-0.05, 0) is 25.8 Å². The third-order valence-corrected chi connectivity index (χ3v) is 4.20. The molecule has 0 saturated heterocycles. The van der Waals surface area contributed by atoms with Crippen LogP contribution in [0, 0.1) is 6.92 Å². The molecule has 0 aliphatic rings. The van der Waals surface area contributed by atoms with Crippen molar-refractivity contribution in [3.05, 3.63) is 40.0 Å². The van der Waals surface area contributed by atoms with Gasteiger partial charge in [0.05, 0.1) is 12.6 Å². The third-order valence-electron chi connectivity index (χ3n) is 3.06. The fourth-order valence-electron chi connectivity index (χ4n) is 1.87. The minimum absolute atomic E-state index is 0.114. The smallest absolute Gasteiger partial charge is 0.315 e. The maximum absolute atomic E-state index is 11.9. The van der Waals surface area contributed by atoms with Gasteiger partial charge in [-0.25, -0.2) is 14.8 Å². The summed E-state index contributed by atoms with van der Waals surface area (Å²) in [6, 6.07) is 3.37. The van der Waals surface area contributed by atoms with E-state index in [1.54, 1.807) is 17.5 Å². The number of aromatic nitrogens is 2. The van der Waals surface area contributed by atoms with E-state index in [-0.39, 0.29) is 12.1 Å². The lowest BCUT2D eigenvalue weighted by atomic mass is 10.3. The molecule has 7 heteroatoms. The summed E-state index contributed by atoms with van der Waals surface area (Å²) in [5.74, 6) is 0.604. The summed E-state index contributed by atoms with van der Waals surface area (Å²) in [6.07, 6.45) is 2.65. The number of carbonyl (C=O) groups is 1. The first-order valence-electron chi connectivity index (χ1n) is 7.62. The van der Waals surface area contributed by atoms with Gasteiger partial charge in [0.25, 0.3) is 0 Å². The summed E-state index contributed by atoms with van der Waals surface area (Å²) < 4.78 is 5.42. The second-order valence-corrected chi connectivity index (χ2v) is 6.12. The summed E-state index contributed by atoms with van der Waals surface area (Å²) in [5, 5.41) is 8.56. The fraction of sp³-hybridized carbons (Fsp3) is 0.438. The Morgan fingerprint density at radius 1 is 1.43 bits per heavy atom. The van der Waals surface area contributed by atoms with Gasteiger partial charge in [-0.15, -0.1) is 11.3 Å². The lowest BCUT2D eigenvalue weighted by molar-refractivity contribution is 0.237. The van der Waals surface area contributed by atoms with Crippen LogP contribution in [0.2, 0.25) is 0 Å². The van der Waals surface area contributed by atoms with Crippen molar-refractivity contribution >= 4 is 17.4 Å². The van der Waals surface area contributed by atoms with Crippen LogP contribution >= 0.6 is 11.3 Å². The number of amides is 2. The molecule has 0 radical (unpaired) electrons. The van der Waals surface area contributed by atoms with Gasteiger partial charge >= 0.3 is 6.03 Å². The molecule has 2 aromatic rings. The van der Waals surface area contributed by atoms with Crippen molar-refractivity contribution in [2.24, 2.45) is 0 Å². The summed E-state index contributed by atoms with van der Waals surface area (Å²) in [4.78, 5) is 20.5. The molecule has 0 saturated carbocycles. The zero-order valence-electron chi connectivity index (χ0n) is 13.6. The first-order chi connectivity index (χ1) is 11.1. The Morgan fingerprint density at radius 3 is 2.87 bits per heavy atom. The molecule has 0 spiro atoms. The monoisotopic (exact) mass is 334 g/mol. The topological polar surface area (TPSA) is 76.1 Å². The molecule has 1 unspecified atom stereocenters. The average molecular weight is 334 g/mol. The summed E-state index contributed by atoms with van der Waals surface area (Å²) in [5.41, 5.74) is 1.89. The molecule has 2 N–H and O–H groups in total. The number of ether oxygens (including phenoxy) is 1. The fourth-order valence-corrected chi connectivity index (χ4v) is 2.67. The largest absolute Gasteiger partial charge is 0.478 e. The second-order valence-electron chi connectivity index (χ2n) is 5.23. The van der Waals surface area contributed by atoms with E-state index in [4.69, 9.17) is 4.74 Å². The van der Waals surface area contributed by atoms with Crippen LogP contribution < -0.4 is 15.4 Å². The Morgan fingerprint density at radius 2 is 2.26 bits per heavy atom. The first kappa shape index (κ1) is 17.2. The first-order valence-corrected chi connectivity index (χ1v) is 8.50. The van der Waals surface area contributed by atoms with Crippen molar-refractivity contribution in [2.45, 2.75) is 39.8 Å². The Bertz CT molecular complexity index is 627. The van der Waals surface area contributed by atoms with E-state index in [1.807, 2.05) is 38.3 Å². The number of urea groups is 1. The zero-order valence-corrected chi connectivity index (χ0v) is 14.4. The minimum atomic E-state index is -0.225. The number of hydrogen-bond donors (Lipinski definition) is 2. The molecule has 0 fully saturated rings. The van der Waals surface area contributed by atoms with Gasteiger partial charge in [-0.3, -0.25) is 0 Å². The molecule has 0 aromatic carbocycles. The number of nitrogens with one attached hydrogen (secondary N) is 2. The van der Waals surface area contributed by atoms with E-state index in [0.717, 1.165) is 22.7 Å². The van der Waals surface area contributed by atoms with Crippen LogP contribution in [0.3, 0.4) is 0 Å². The normalized spacial score (nSPS) is 11.8. The Kier molecular flexibility index (Phi) is 6.34. The van der Waals surface area contributed by atoms with E-state index in [0.29, 0.717) is 19.0 Å². The molecule has 2 aromatic heterocycles. The number of pyridine rings is 1. The Labute approximate surface area is 140 Å². The van der Waals surface area contributed by atoms with Crippen molar-refractivity contribution < 1.29 is 9.53 Å². The molecule has 1 atom stereocenters. The average Bonchev–Trinajstić information content (AvgIpc) is 2.98. The standard InChI is InChI=1S/C16H22N4O2S/c1-4-7-22-14-6-5-13(8-17-14)9-18-16(21)20-12(3)15-19-11(2)10-23-15/h5-6,8,10,12H,4,7,9H2,1-3H3,(H2,18,20,21). The van der Waals surface area contributed by atoms with E-state index >= 15 is 0 Å². The van der Waals surface area contributed by atoms with E-state index in [1.165, 1.54) is 0 Å². The SMILES string of the molecule is CCCOc1ccc(CNC(=O)NC(C)c2nc(C)cs2)cn1. The number of nitrogens with zero attached hydrogens (tertiary/aromatic N) is 2.